The van der Waals surface area contributed by atoms with Crippen molar-refractivity contribution in [2.24, 2.45) is 5.73 Å². The first-order chi connectivity index (χ1) is 9.16. The molecular weight excluding hydrogens is 238 g/mol. The number of furan rings is 1. The van der Waals surface area contributed by atoms with E-state index >= 15 is 0 Å². The number of benzene rings is 1. The highest BCUT2D eigenvalue weighted by Gasteiger charge is 2.19. The van der Waals surface area contributed by atoms with Crippen LogP contribution in [0.2, 0.25) is 0 Å². The molecule has 19 heavy (non-hydrogen) atoms. The standard InChI is InChI=1S/C15H15N3O/c1-9-6-7-18-15(17)13(9)14(16)12-8-10-4-2-3-5-11(10)19-12/h2-8,14H,16H2,1H3,(H2,17,18). The van der Waals surface area contributed by atoms with Crippen molar-refractivity contribution in [2.75, 3.05) is 5.73 Å². The number of hydrogen-bond donors (Lipinski definition) is 2. The first-order valence-electron chi connectivity index (χ1n) is 6.12. The molecule has 0 spiro atoms. The molecule has 2 aromatic heterocycles. The third-order valence-corrected chi connectivity index (χ3v) is 3.30. The fourth-order valence-electron chi connectivity index (χ4n) is 2.29. The maximum atomic E-state index is 6.27. The topological polar surface area (TPSA) is 78.1 Å². The zero-order chi connectivity index (χ0) is 13.4. The first kappa shape index (κ1) is 11.7. The SMILES string of the molecule is Cc1ccnc(N)c1C(N)c1cc2ccccc2o1. The minimum atomic E-state index is -0.402. The van der Waals surface area contributed by atoms with E-state index in [1.807, 2.05) is 43.3 Å². The Morgan fingerprint density at radius 1 is 1.21 bits per heavy atom. The number of aryl methyl sites for hydroxylation is 1. The van der Waals surface area contributed by atoms with Crippen LogP contribution in [0.25, 0.3) is 11.0 Å². The van der Waals surface area contributed by atoms with Crippen LogP contribution in [-0.2, 0) is 0 Å². The monoisotopic (exact) mass is 253 g/mol. The second kappa shape index (κ2) is 4.40. The molecule has 0 bridgehead atoms. The van der Waals surface area contributed by atoms with Crippen LogP contribution < -0.4 is 11.5 Å². The van der Waals surface area contributed by atoms with E-state index in [9.17, 15) is 0 Å². The minimum Gasteiger partial charge on any atom is -0.459 e. The fourth-order valence-corrected chi connectivity index (χ4v) is 2.29. The average Bonchev–Trinajstić information content (AvgIpc) is 2.82. The van der Waals surface area contributed by atoms with Crippen molar-refractivity contribution in [3.05, 3.63) is 59.5 Å². The fraction of sp³-hybridized carbons (Fsp3) is 0.133. The van der Waals surface area contributed by atoms with Gasteiger partial charge in [-0.1, -0.05) is 18.2 Å². The van der Waals surface area contributed by atoms with E-state index in [4.69, 9.17) is 15.9 Å². The van der Waals surface area contributed by atoms with Crippen LogP contribution in [0.5, 0.6) is 0 Å². The molecule has 2 heterocycles. The Kier molecular flexibility index (Phi) is 2.72. The van der Waals surface area contributed by atoms with Gasteiger partial charge in [-0.2, -0.15) is 0 Å². The van der Waals surface area contributed by atoms with Gasteiger partial charge in [0, 0.05) is 17.1 Å². The number of pyridine rings is 1. The molecular formula is C15H15N3O. The summed E-state index contributed by atoms with van der Waals surface area (Å²) >= 11 is 0. The van der Waals surface area contributed by atoms with Crippen molar-refractivity contribution in [1.29, 1.82) is 0 Å². The molecule has 0 radical (unpaired) electrons. The molecule has 0 saturated heterocycles. The maximum absolute atomic E-state index is 6.27. The smallest absolute Gasteiger partial charge is 0.134 e. The Hall–Kier alpha value is -2.33. The molecule has 96 valence electrons. The Morgan fingerprint density at radius 2 is 2.00 bits per heavy atom. The van der Waals surface area contributed by atoms with Crippen LogP contribution in [0, 0.1) is 6.92 Å². The van der Waals surface area contributed by atoms with Crippen molar-refractivity contribution in [3.8, 4) is 0 Å². The van der Waals surface area contributed by atoms with Gasteiger partial charge in [0.05, 0.1) is 6.04 Å². The van der Waals surface area contributed by atoms with Crippen molar-refractivity contribution >= 4 is 16.8 Å². The van der Waals surface area contributed by atoms with Gasteiger partial charge in [-0.05, 0) is 30.7 Å². The van der Waals surface area contributed by atoms with E-state index in [1.165, 1.54) is 0 Å². The summed E-state index contributed by atoms with van der Waals surface area (Å²) in [4.78, 5) is 4.10. The number of nitrogens with two attached hydrogens (primary N) is 2. The number of rotatable bonds is 2. The molecule has 0 saturated carbocycles. The maximum Gasteiger partial charge on any atom is 0.134 e. The largest absolute Gasteiger partial charge is 0.459 e. The lowest BCUT2D eigenvalue weighted by molar-refractivity contribution is 0.524. The molecule has 0 aliphatic carbocycles. The number of nitrogens with zero attached hydrogens (tertiary/aromatic N) is 1. The summed E-state index contributed by atoms with van der Waals surface area (Å²) in [7, 11) is 0. The molecule has 0 fully saturated rings. The highest BCUT2D eigenvalue weighted by molar-refractivity contribution is 5.78. The van der Waals surface area contributed by atoms with Crippen LogP contribution in [-0.4, -0.2) is 4.98 Å². The number of hydrogen-bond acceptors (Lipinski definition) is 4. The predicted octanol–water partition coefficient (Wildman–Crippen LogP) is 2.77. The highest BCUT2D eigenvalue weighted by atomic mass is 16.3. The van der Waals surface area contributed by atoms with Crippen molar-refractivity contribution < 1.29 is 4.42 Å². The van der Waals surface area contributed by atoms with E-state index in [1.54, 1.807) is 6.20 Å². The summed E-state index contributed by atoms with van der Waals surface area (Å²) in [5.41, 5.74) is 14.9. The Balaban J connectivity index is 2.10. The van der Waals surface area contributed by atoms with Crippen LogP contribution in [0.15, 0.2) is 47.0 Å². The van der Waals surface area contributed by atoms with E-state index in [0.29, 0.717) is 11.6 Å². The summed E-state index contributed by atoms with van der Waals surface area (Å²) in [6, 6.07) is 11.3. The lowest BCUT2D eigenvalue weighted by Crippen LogP contribution is -2.15. The molecule has 0 amide bonds. The van der Waals surface area contributed by atoms with Gasteiger partial charge < -0.3 is 15.9 Å². The summed E-state index contributed by atoms with van der Waals surface area (Å²) in [5, 5.41) is 1.04. The van der Waals surface area contributed by atoms with Crippen LogP contribution >= 0.6 is 0 Å². The first-order valence-corrected chi connectivity index (χ1v) is 6.12. The molecule has 1 unspecified atom stereocenters. The quantitative estimate of drug-likeness (QED) is 0.736. The molecule has 0 aliphatic heterocycles. The third-order valence-electron chi connectivity index (χ3n) is 3.30. The Bertz CT molecular complexity index is 680. The predicted molar refractivity (Wildman–Crippen MR) is 75.6 cm³/mol. The van der Waals surface area contributed by atoms with Crippen LogP contribution in [0.1, 0.15) is 22.9 Å². The number of anilines is 1. The molecule has 4 heteroatoms. The molecule has 1 aromatic carbocycles. The van der Waals surface area contributed by atoms with Crippen molar-refractivity contribution in [2.45, 2.75) is 13.0 Å². The molecule has 4 nitrogen and oxygen atoms in total. The molecule has 3 aromatic rings. The second-order valence-corrected chi connectivity index (χ2v) is 4.59. The number of para-hydroxylation sites is 1. The van der Waals surface area contributed by atoms with Gasteiger partial charge in [0.25, 0.3) is 0 Å². The summed E-state index contributed by atoms with van der Waals surface area (Å²) in [6.45, 7) is 1.97. The van der Waals surface area contributed by atoms with Gasteiger partial charge in [-0.25, -0.2) is 4.98 Å². The molecule has 0 aliphatic rings. The normalized spacial score (nSPS) is 12.7. The van der Waals surface area contributed by atoms with Gasteiger partial charge in [-0.3, -0.25) is 0 Å². The Morgan fingerprint density at radius 3 is 2.74 bits per heavy atom. The lowest BCUT2D eigenvalue weighted by Gasteiger charge is -2.13. The number of aromatic nitrogens is 1. The van der Waals surface area contributed by atoms with Crippen molar-refractivity contribution in [3.63, 3.8) is 0 Å². The lowest BCUT2D eigenvalue weighted by atomic mass is 10.0. The average molecular weight is 253 g/mol. The summed E-state index contributed by atoms with van der Waals surface area (Å²) in [6.07, 6.45) is 1.68. The second-order valence-electron chi connectivity index (χ2n) is 4.59. The Labute approximate surface area is 111 Å². The van der Waals surface area contributed by atoms with Gasteiger partial charge in [0.15, 0.2) is 0 Å². The van der Waals surface area contributed by atoms with Gasteiger partial charge in [0.2, 0.25) is 0 Å². The zero-order valence-electron chi connectivity index (χ0n) is 10.6. The van der Waals surface area contributed by atoms with E-state index in [-0.39, 0.29) is 0 Å². The summed E-state index contributed by atoms with van der Waals surface area (Å²) in [5.74, 6) is 1.15. The van der Waals surface area contributed by atoms with Gasteiger partial charge in [0.1, 0.15) is 17.2 Å². The molecule has 1 atom stereocenters. The van der Waals surface area contributed by atoms with Crippen LogP contribution in [0.4, 0.5) is 5.82 Å². The van der Waals surface area contributed by atoms with E-state index in [0.717, 1.165) is 22.1 Å². The minimum absolute atomic E-state index is 0.402. The van der Waals surface area contributed by atoms with Gasteiger partial charge in [-0.15, -0.1) is 0 Å². The van der Waals surface area contributed by atoms with E-state index < -0.39 is 6.04 Å². The van der Waals surface area contributed by atoms with Crippen molar-refractivity contribution in [1.82, 2.24) is 4.98 Å². The number of fused-ring (bicyclic) bond motifs is 1. The summed E-state index contributed by atoms with van der Waals surface area (Å²) < 4.78 is 5.79. The van der Waals surface area contributed by atoms with Crippen LogP contribution in [0.3, 0.4) is 0 Å². The zero-order valence-corrected chi connectivity index (χ0v) is 10.6. The molecule has 4 N–H and O–H groups in total. The highest BCUT2D eigenvalue weighted by Crippen LogP contribution is 2.30. The van der Waals surface area contributed by atoms with E-state index in [2.05, 4.69) is 4.98 Å². The van der Waals surface area contributed by atoms with Gasteiger partial charge >= 0.3 is 0 Å². The number of nitrogen functional groups attached to an aromatic ring is 1. The third kappa shape index (κ3) is 1.96. The molecule has 3 rings (SSSR count).